The number of hydrogen-bond acceptors (Lipinski definition) is 5. The molecule has 0 fully saturated rings. The van der Waals surface area contributed by atoms with Crippen LogP contribution in [0.3, 0.4) is 0 Å². The van der Waals surface area contributed by atoms with Crippen molar-refractivity contribution in [2.24, 2.45) is 0 Å². The van der Waals surface area contributed by atoms with Gasteiger partial charge in [-0.2, -0.15) is 0 Å². The molecule has 0 radical (unpaired) electrons. The average molecular weight is 641 g/mol. The van der Waals surface area contributed by atoms with Crippen molar-refractivity contribution in [2.75, 3.05) is 13.2 Å². The second-order valence-corrected chi connectivity index (χ2v) is 14.2. The van der Waals surface area contributed by atoms with E-state index in [0.717, 1.165) is 38.5 Å². The number of phosphoric ester groups is 1. The van der Waals surface area contributed by atoms with E-state index in [0.29, 0.717) is 13.2 Å². The molecular weight excluding hydrogens is 567 g/mol. The number of hydrogen-bond donors (Lipinski definition) is 0. The molecule has 0 aliphatic rings. The highest BCUT2D eigenvalue weighted by atomic mass is 31.2. The van der Waals surface area contributed by atoms with Gasteiger partial charge < -0.3 is 4.52 Å². The maximum absolute atomic E-state index is 12.8. The normalized spacial score (nSPS) is 12.2. The van der Waals surface area contributed by atoms with Crippen LogP contribution in [0.25, 0.3) is 0 Å². The van der Waals surface area contributed by atoms with Crippen molar-refractivity contribution in [3.63, 3.8) is 0 Å². The maximum Gasteiger partial charge on any atom is 0.532 e. The van der Waals surface area contributed by atoms with Gasteiger partial charge in [0, 0.05) is 6.92 Å². The summed E-state index contributed by atoms with van der Waals surface area (Å²) >= 11 is 0. The van der Waals surface area contributed by atoms with Crippen LogP contribution >= 0.6 is 7.82 Å². The van der Waals surface area contributed by atoms with Gasteiger partial charge in [0.05, 0.1) is 13.2 Å². The van der Waals surface area contributed by atoms with Crippen LogP contribution in [0.15, 0.2) is 24.3 Å². The second-order valence-electron chi connectivity index (χ2n) is 12.6. The molecule has 0 spiro atoms. The lowest BCUT2D eigenvalue weighted by molar-refractivity contribution is -0.133. The lowest BCUT2D eigenvalue weighted by Crippen LogP contribution is -2.06. The van der Waals surface area contributed by atoms with Crippen molar-refractivity contribution in [1.82, 2.24) is 0 Å². The first-order valence-electron chi connectivity index (χ1n) is 18.9. The van der Waals surface area contributed by atoms with E-state index in [-0.39, 0.29) is 0 Å². The van der Waals surface area contributed by atoms with Crippen LogP contribution in [0.5, 0.6) is 0 Å². The highest BCUT2D eigenvalue weighted by Gasteiger charge is 2.29. The van der Waals surface area contributed by atoms with Crippen molar-refractivity contribution in [1.29, 1.82) is 0 Å². The van der Waals surface area contributed by atoms with E-state index in [1.165, 1.54) is 148 Å². The number of carbonyl (C=O) groups is 1. The SMILES string of the molecule is CCCCCCCC/C=C\CCCCCCCCOP(=O)(OCCCCCCCC/C=C\CCCCCCCC)OC(C)=O. The molecule has 0 unspecified atom stereocenters. The highest BCUT2D eigenvalue weighted by Crippen LogP contribution is 2.49. The molecule has 0 aliphatic carbocycles. The fraction of sp³-hybridized carbons (Fsp3) is 0.868. The number of rotatable bonds is 35. The van der Waals surface area contributed by atoms with Crippen LogP contribution in [0.4, 0.5) is 0 Å². The minimum absolute atomic E-state index is 0.291. The van der Waals surface area contributed by atoms with Gasteiger partial charge in [-0.3, -0.25) is 13.8 Å². The standard InChI is InChI=1S/C38H73O5P/c1-4-6-8-10-12-14-16-18-20-22-24-26-28-30-32-34-36-41-44(40,43-38(3)39)42-37-35-33-31-29-27-25-23-21-19-17-15-13-11-9-7-5-2/h18-21H,4-17,22-37H2,1-3H3/b20-18-,21-19-. The molecule has 44 heavy (non-hydrogen) atoms. The zero-order chi connectivity index (χ0) is 32.2. The van der Waals surface area contributed by atoms with E-state index in [4.69, 9.17) is 13.6 Å². The summed E-state index contributed by atoms with van der Waals surface area (Å²) in [5, 5.41) is 0. The van der Waals surface area contributed by atoms with Crippen LogP contribution < -0.4 is 0 Å². The van der Waals surface area contributed by atoms with Gasteiger partial charge >= 0.3 is 13.8 Å². The molecule has 0 atom stereocenters. The van der Waals surface area contributed by atoms with Crippen LogP contribution in [0.2, 0.25) is 0 Å². The minimum Gasteiger partial charge on any atom is -0.371 e. The predicted molar refractivity (Wildman–Crippen MR) is 190 cm³/mol. The molecule has 0 aromatic rings. The first-order chi connectivity index (χ1) is 21.5. The van der Waals surface area contributed by atoms with Gasteiger partial charge in [-0.05, 0) is 64.2 Å². The molecule has 0 N–H and O–H groups in total. The second kappa shape index (κ2) is 35.0. The topological polar surface area (TPSA) is 61.8 Å². The van der Waals surface area contributed by atoms with Crippen LogP contribution in [-0.4, -0.2) is 19.2 Å². The fourth-order valence-corrected chi connectivity index (χ4v) is 6.50. The summed E-state index contributed by atoms with van der Waals surface area (Å²) in [7, 11) is -3.82. The van der Waals surface area contributed by atoms with Gasteiger partial charge in [0.2, 0.25) is 0 Å². The Hall–Kier alpha value is -0.900. The third-order valence-corrected chi connectivity index (χ3v) is 9.53. The van der Waals surface area contributed by atoms with Crippen molar-refractivity contribution in [3.8, 4) is 0 Å². The van der Waals surface area contributed by atoms with Crippen molar-refractivity contribution < 1.29 is 22.9 Å². The van der Waals surface area contributed by atoms with E-state index in [1.807, 2.05) is 0 Å². The Labute approximate surface area is 274 Å². The summed E-state index contributed by atoms with van der Waals surface area (Å²) in [6, 6.07) is 0. The summed E-state index contributed by atoms with van der Waals surface area (Å²) in [4.78, 5) is 11.5. The van der Waals surface area contributed by atoms with Crippen molar-refractivity contribution in [3.05, 3.63) is 24.3 Å². The van der Waals surface area contributed by atoms with E-state index in [1.54, 1.807) is 0 Å². The smallest absolute Gasteiger partial charge is 0.371 e. The number of unbranched alkanes of at least 4 members (excludes halogenated alkanes) is 24. The zero-order valence-electron chi connectivity index (χ0n) is 29.5. The summed E-state index contributed by atoms with van der Waals surface area (Å²) in [5.41, 5.74) is 0. The van der Waals surface area contributed by atoms with Crippen LogP contribution in [-0.2, 0) is 22.9 Å². The number of carbonyl (C=O) groups excluding carboxylic acids is 1. The number of phosphoric acid groups is 1. The van der Waals surface area contributed by atoms with Crippen LogP contribution in [0.1, 0.15) is 201 Å². The van der Waals surface area contributed by atoms with E-state index in [2.05, 4.69) is 38.2 Å². The van der Waals surface area contributed by atoms with Gasteiger partial charge in [0.15, 0.2) is 0 Å². The molecule has 0 aromatic carbocycles. The molecule has 0 rings (SSSR count). The average Bonchev–Trinajstić information content (AvgIpc) is 3.00. The largest absolute Gasteiger partial charge is 0.532 e. The molecule has 0 bridgehead atoms. The van der Waals surface area contributed by atoms with Crippen LogP contribution in [0, 0.1) is 0 Å². The predicted octanol–water partition coefficient (Wildman–Crippen LogP) is 13.8. The molecule has 0 amide bonds. The Morgan fingerprint density at radius 3 is 1.02 bits per heavy atom. The van der Waals surface area contributed by atoms with Gasteiger partial charge in [-0.1, -0.05) is 154 Å². The van der Waals surface area contributed by atoms with Gasteiger partial charge in [0.25, 0.3) is 0 Å². The molecule has 5 nitrogen and oxygen atoms in total. The summed E-state index contributed by atoms with van der Waals surface area (Å²) in [6.45, 7) is 6.36. The Morgan fingerprint density at radius 1 is 0.455 bits per heavy atom. The quantitative estimate of drug-likeness (QED) is 0.0392. The zero-order valence-corrected chi connectivity index (χ0v) is 30.4. The lowest BCUT2D eigenvalue weighted by Gasteiger charge is -2.16. The molecule has 0 aromatic heterocycles. The minimum atomic E-state index is -3.82. The highest BCUT2D eigenvalue weighted by molar-refractivity contribution is 7.49. The van der Waals surface area contributed by atoms with Gasteiger partial charge in [0.1, 0.15) is 0 Å². The van der Waals surface area contributed by atoms with E-state index in [9.17, 15) is 9.36 Å². The Balaban J connectivity index is 3.68. The third kappa shape index (κ3) is 34.0. The summed E-state index contributed by atoms with van der Waals surface area (Å²) < 4.78 is 28.7. The molecule has 0 aliphatic heterocycles. The Morgan fingerprint density at radius 2 is 0.727 bits per heavy atom. The van der Waals surface area contributed by atoms with Crippen molar-refractivity contribution in [2.45, 2.75) is 201 Å². The van der Waals surface area contributed by atoms with Crippen molar-refractivity contribution >= 4 is 13.8 Å². The molecule has 260 valence electrons. The third-order valence-electron chi connectivity index (χ3n) is 8.05. The van der Waals surface area contributed by atoms with Gasteiger partial charge in [-0.25, -0.2) is 4.57 Å². The summed E-state index contributed by atoms with van der Waals surface area (Å²) in [6.07, 6.45) is 43.9. The first-order valence-corrected chi connectivity index (χ1v) is 20.4. The number of allylic oxidation sites excluding steroid dienone is 4. The molecule has 0 heterocycles. The first kappa shape index (κ1) is 43.1. The molecule has 6 heteroatoms. The fourth-order valence-electron chi connectivity index (χ4n) is 5.30. The molecular formula is C38H73O5P. The molecule has 0 saturated heterocycles. The monoisotopic (exact) mass is 641 g/mol. The Kier molecular flexibility index (Phi) is 34.2. The molecule has 0 saturated carbocycles. The lowest BCUT2D eigenvalue weighted by atomic mass is 10.1. The van der Waals surface area contributed by atoms with E-state index >= 15 is 0 Å². The maximum atomic E-state index is 12.8. The Bertz CT molecular complexity index is 657. The van der Waals surface area contributed by atoms with Gasteiger partial charge in [-0.15, -0.1) is 0 Å². The summed E-state index contributed by atoms with van der Waals surface area (Å²) in [5.74, 6) is -0.629. The van der Waals surface area contributed by atoms with E-state index < -0.39 is 13.8 Å².